The van der Waals surface area contributed by atoms with Crippen molar-refractivity contribution in [2.45, 2.75) is 32.7 Å². The van der Waals surface area contributed by atoms with Crippen molar-refractivity contribution in [2.24, 2.45) is 0 Å². The van der Waals surface area contributed by atoms with E-state index in [4.69, 9.17) is 15.7 Å². The zero-order chi connectivity index (χ0) is 13.6. The smallest absolute Gasteiger partial charge is 0.339 e. The van der Waals surface area contributed by atoms with Crippen molar-refractivity contribution in [2.75, 3.05) is 0 Å². The second-order valence-corrected chi connectivity index (χ2v) is 5.58. The Morgan fingerprint density at radius 2 is 2.06 bits per heavy atom. The van der Waals surface area contributed by atoms with E-state index in [1.165, 1.54) is 12.1 Å². The molecule has 1 N–H and O–H groups in total. The first-order valence-electron chi connectivity index (χ1n) is 5.68. The van der Waals surface area contributed by atoms with Gasteiger partial charge in [0.05, 0.1) is 11.4 Å². The van der Waals surface area contributed by atoms with Crippen molar-refractivity contribution in [3.8, 4) is 12.3 Å². The van der Waals surface area contributed by atoms with Crippen molar-refractivity contribution in [1.29, 1.82) is 0 Å². The molecule has 1 aromatic carbocycles. The van der Waals surface area contributed by atoms with Crippen molar-refractivity contribution >= 4 is 12.9 Å². The Morgan fingerprint density at radius 3 is 2.56 bits per heavy atom. The summed E-state index contributed by atoms with van der Waals surface area (Å²) >= 11 is 0. The molecular formula is C13H17O4P. The first-order chi connectivity index (χ1) is 8.49. The Morgan fingerprint density at radius 1 is 1.44 bits per heavy atom. The van der Waals surface area contributed by atoms with E-state index in [0.29, 0.717) is 0 Å². The lowest BCUT2D eigenvalue weighted by Crippen LogP contribution is -2.22. The molecule has 18 heavy (non-hydrogen) atoms. The van der Waals surface area contributed by atoms with Crippen molar-refractivity contribution < 1.29 is 18.7 Å². The third-order valence-electron chi connectivity index (χ3n) is 2.39. The molecule has 0 aliphatic rings. The Labute approximate surface area is 107 Å². The largest absolute Gasteiger partial charge is 0.361 e. The SMILES string of the molecule is C#CC(OC(C)CC)OP(=O)(O)c1ccccc1. The van der Waals surface area contributed by atoms with Crippen LogP contribution >= 0.6 is 7.60 Å². The molecular weight excluding hydrogens is 251 g/mol. The number of rotatable bonds is 6. The van der Waals surface area contributed by atoms with Gasteiger partial charge in [-0.2, -0.15) is 0 Å². The number of hydrogen-bond acceptors (Lipinski definition) is 3. The minimum atomic E-state index is -3.95. The van der Waals surface area contributed by atoms with Crippen molar-refractivity contribution in [1.82, 2.24) is 0 Å². The van der Waals surface area contributed by atoms with Crippen LogP contribution in [0.3, 0.4) is 0 Å². The van der Waals surface area contributed by atoms with Gasteiger partial charge in [-0.25, -0.2) is 0 Å². The monoisotopic (exact) mass is 268 g/mol. The van der Waals surface area contributed by atoms with Gasteiger partial charge in [0, 0.05) is 0 Å². The van der Waals surface area contributed by atoms with Crippen LogP contribution in [0.25, 0.3) is 0 Å². The molecule has 1 rings (SSSR count). The second-order valence-electron chi connectivity index (χ2n) is 3.81. The van der Waals surface area contributed by atoms with Gasteiger partial charge in [-0.3, -0.25) is 9.09 Å². The average Bonchev–Trinajstić information content (AvgIpc) is 2.38. The van der Waals surface area contributed by atoms with E-state index in [0.717, 1.165) is 6.42 Å². The highest BCUT2D eigenvalue weighted by Gasteiger charge is 2.27. The predicted molar refractivity (Wildman–Crippen MR) is 70.4 cm³/mol. The molecule has 4 nitrogen and oxygen atoms in total. The van der Waals surface area contributed by atoms with Gasteiger partial charge in [-0.15, -0.1) is 6.42 Å². The van der Waals surface area contributed by atoms with E-state index in [1.807, 2.05) is 13.8 Å². The molecule has 0 aliphatic carbocycles. The van der Waals surface area contributed by atoms with Crippen LogP contribution in [0.4, 0.5) is 0 Å². The molecule has 3 unspecified atom stereocenters. The van der Waals surface area contributed by atoms with Crippen molar-refractivity contribution in [3.63, 3.8) is 0 Å². The fourth-order valence-electron chi connectivity index (χ4n) is 1.21. The quantitative estimate of drug-likeness (QED) is 0.488. The molecule has 98 valence electrons. The maximum absolute atomic E-state index is 12.0. The average molecular weight is 268 g/mol. The summed E-state index contributed by atoms with van der Waals surface area (Å²) in [5, 5.41) is 0.193. The highest BCUT2D eigenvalue weighted by Crippen LogP contribution is 2.42. The minimum absolute atomic E-state index is 0.137. The molecule has 0 saturated carbocycles. The lowest BCUT2D eigenvalue weighted by molar-refractivity contribution is -0.0798. The maximum Gasteiger partial charge on any atom is 0.361 e. The number of benzene rings is 1. The van der Waals surface area contributed by atoms with E-state index in [-0.39, 0.29) is 11.4 Å². The molecule has 0 spiro atoms. The lowest BCUT2D eigenvalue weighted by atomic mass is 10.3. The third kappa shape index (κ3) is 4.29. The maximum atomic E-state index is 12.0. The van der Waals surface area contributed by atoms with Crippen LogP contribution < -0.4 is 5.30 Å². The van der Waals surface area contributed by atoms with Gasteiger partial charge in [0.15, 0.2) is 0 Å². The van der Waals surface area contributed by atoms with Crippen LogP contribution in [-0.2, 0) is 13.8 Å². The first-order valence-corrected chi connectivity index (χ1v) is 7.25. The van der Waals surface area contributed by atoms with Crippen molar-refractivity contribution in [3.05, 3.63) is 30.3 Å². The Balaban J connectivity index is 2.76. The zero-order valence-corrected chi connectivity index (χ0v) is 11.3. The molecule has 0 aliphatic heterocycles. The van der Waals surface area contributed by atoms with Crippen LogP contribution in [0, 0.1) is 12.3 Å². The van der Waals surface area contributed by atoms with Gasteiger partial charge in [0.2, 0.25) is 6.29 Å². The van der Waals surface area contributed by atoms with Gasteiger partial charge in [-0.1, -0.05) is 25.1 Å². The summed E-state index contributed by atoms with van der Waals surface area (Å²) in [6, 6.07) is 8.08. The van der Waals surface area contributed by atoms with E-state index >= 15 is 0 Å². The second kappa shape index (κ2) is 6.72. The van der Waals surface area contributed by atoms with Crippen LogP contribution in [0.15, 0.2) is 30.3 Å². The summed E-state index contributed by atoms with van der Waals surface area (Å²) in [5.74, 6) is 2.22. The summed E-state index contributed by atoms with van der Waals surface area (Å²) in [5.41, 5.74) is 0. The Bertz CT molecular complexity index is 452. The highest BCUT2D eigenvalue weighted by molar-refractivity contribution is 7.61. The number of ether oxygens (including phenoxy) is 1. The van der Waals surface area contributed by atoms with Crippen LogP contribution in [0.5, 0.6) is 0 Å². The summed E-state index contributed by atoms with van der Waals surface area (Å²) in [6.45, 7) is 3.74. The van der Waals surface area contributed by atoms with Crippen LogP contribution in [-0.4, -0.2) is 17.3 Å². The summed E-state index contributed by atoms with van der Waals surface area (Å²) in [6.07, 6.45) is 4.70. The van der Waals surface area contributed by atoms with Gasteiger partial charge in [-0.05, 0) is 31.4 Å². The van der Waals surface area contributed by atoms with E-state index < -0.39 is 13.9 Å². The summed E-state index contributed by atoms with van der Waals surface area (Å²) in [7, 11) is -3.95. The molecule has 5 heteroatoms. The molecule has 0 aromatic heterocycles. The first kappa shape index (κ1) is 14.9. The zero-order valence-electron chi connectivity index (χ0n) is 10.4. The molecule has 0 fully saturated rings. The fourth-order valence-corrected chi connectivity index (χ4v) is 2.25. The van der Waals surface area contributed by atoms with Gasteiger partial charge in [0.1, 0.15) is 0 Å². The van der Waals surface area contributed by atoms with Crippen LogP contribution in [0.1, 0.15) is 20.3 Å². The molecule has 0 amide bonds. The summed E-state index contributed by atoms with van der Waals surface area (Å²) in [4.78, 5) is 9.83. The Hall–Kier alpha value is -1.11. The molecule has 3 atom stereocenters. The van der Waals surface area contributed by atoms with Crippen LogP contribution in [0.2, 0.25) is 0 Å². The molecule has 0 heterocycles. The standard InChI is InChI=1S/C13H17O4P/c1-4-11(3)16-13(5-2)17-18(14,15)12-9-7-6-8-10-12/h2,6-11,13H,4H2,1,3H3,(H,14,15). The predicted octanol–water partition coefficient (Wildman–Crippen LogP) is 2.29. The van der Waals surface area contributed by atoms with Gasteiger partial charge >= 0.3 is 7.60 Å². The highest BCUT2D eigenvalue weighted by atomic mass is 31.2. The van der Waals surface area contributed by atoms with E-state index in [2.05, 4.69) is 5.92 Å². The Kier molecular flexibility index (Phi) is 5.58. The fraction of sp³-hybridized carbons (Fsp3) is 0.385. The molecule has 0 bridgehead atoms. The minimum Gasteiger partial charge on any atom is -0.339 e. The third-order valence-corrected chi connectivity index (χ3v) is 3.82. The number of hydrogen-bond donors (Lipinski definition) is 1. The van der Waals surface area contributed by atoms with E-state index in [9.17, 15) is 9.46 Å². The van der Waals surface area contributed by atoms with E-state index in [1.54, 1.807) is 18.2 Å². The van der Waals surface area contributed by atoms with Gasteiger partial charge in [0.25, 0.3) is 0 Å². The molecule has 1 aromatic rings. The summed E-state index contributed by atoms with van der Waals surface area (Å²) < 4.78 is 22.3. The topological polar surface area (TPSA) is 55.8 Å². The normalized spacial score (nSPS) is 17.4. The number of terminal acetylenes is 1. The lowest BCUT2D eigenvalue weighted by Gasteiger charge is -2.20. The van der Waals surface area contributed by atoms with Gasteiger partial charge < -0.3 is 9.63 Å². The molecule has 0 radical (unpaired) electrons. The molecule has 0 saturated heterocycles.